The normalized spacial score (nSPS) is 12.8. The van der Waals surface area contributed by atoms with Gasteiger partial charge in [-0.05, 0) is 30.3 Å². The monoisotopic (exact) mass is 424 g/mol. The second kappa shape index (κ2) is 8.46. The summed E-state index contributed by atoms with van der Waals surface area (Å²) in [5, 5.41) is 2.47. The standard InChI is InChI=1S/C22H17FN2O4S/c1-14-18-4-2-3-5-19(18)22(27)25(14)10-21(26)29-11-16-13-30-20(24-16)12-28-17-8-6-15(23)7-9-17/h2-9,13H,1,10-12H2. The molecule has 0 radical (unpaired) electrons. The van der Waals surface area contributed by atoms with Crippen molar-refractivity contribution >= 4 is 28.9 Å². The minimum absolute atomic E-state index is 0.00661. The van der Waals surface area contributed by atoms with E-state index < -0.39 is 5.97 Å². The van der Waals surface area contributed by atoms with Crippen LogP contribution in [-0.4, -0.2) is 28.3 Å². The van der Waals surface area contributed by atoms with E-state index in [-0.39, 0.29) is 31.5 Å². The van der Waals surface area contributed by atoms with Gasteiger partial charge in [0.25, 0.3) is 5.91 Å². The number of nitrogens with zero attached hydrogens (tertiary/aromatic N) is 2. The van der Waals surface area contributed by atoms with E-state index in [2.05, 4.69) is 11.6 Å². The first-order valence-corrected chi connectivity index (χ1v) is 9.96. The highest BCUT2D eigenvalue weighted by Crippen LogP contribution is 2.30. The lowest BCUT2D eigenvalue weighted by Crippen LogP contribution is -2.30. The van der Waals surface area contributed by atoms with Crippen LogP contribution in [0.15, 0.2) is 60.5 Å². The smallest absolute Gasteiger partial charge is 0.326 e. The summed E-state index contributed by atoms with van der Waals surface area (Å²) in [6.45, 7) is 3.91. The fourth-order valence-corrected chi connectivity index (χ4v) is 3.68. The molecule has 0 atom stereocenters. The number of hydrogen-bond donors (Lipinski definition) is 0. The molecule has 4 rings (SSSR count). The van der Waals surface area contributed by atoms with Crippen molar-refractivity contribution in [1.29, 1.82) is 0 Å². The van der Waals surface area contributed by atoms with Crippen LogP contribution in [0.5, 0.6) is 5.75 Å². The number of carbonyl (C=O) groups is 2. The highest BCUT2D eigenvalue weighted by atomic mass is 32.1. The molecule has 0 fully saturated rings. The Morgan fingerprint density at radius 1 is 1.10 bits per heavy atom. The largest absolute Gasteiger partial charge is 0.486 e. The Morgan fingerprint density at radius 2 is 1.83 bits per heavy atom. The number of amides is 1. The maximum Gasteiger partial charge on any atom is 0.326 e. The van der Waals surface area contributed by atoms with Crippen LogP contribution in [0.4, 0.5) is 4.39 Å². The third kappa shape index (κ3) is 4.23. The molecule has 6 nitrogen and oxygen atoms in total. The third-order valence-corrected chi connectivity index (χ3v) is 5.35. The zero-order valence-electron chi connectivity index (χ0n) is 15.8. The molecule has 1 aliphatic heterocycles. The van der Waals surface area contributed by atoms with E-state index in [0.717, 1.165) is 5.56 Å². The molecule has 30 heavy (non-hydrogen) atoms. The van der Waals surface area contributed by atoms with Crippen molar-refractivity contribution in [3.05, 3.63) is 88.1 Å². The van der Waals surface area contributed by atoms with Crippen molar-refractivity contribution in [2.75, 3.05) is 6.54 Å². The van der Waals surface area contributed by atoms with Crippen molar-refractivity contribution in [3.63, 3.8) is 0 Å². The molecule has 1 aromatic heterocycles. The Kier molecular flexibility index (Phi) is 5.58. The fourth-order valence-electron chi connectivity index (χ4n) is 2.99. The molecular weight excluding hydrogens is 407 g/mol. The van der Waals surface area contributed by atoms with Gasteiger partial charge in [-0.3, -0.25) is 14.5 Å². The van der Waals surface area contributed by atoms with Crippen LogP contribution in [-0.2, 0) is 22.7 Å². The van der Waals surface area contributed by atoms with E-state index in [1.165, 1.54) is 40.5 Å². The Bertz CT molecular complexity index is 1080. The number of esters is 1. The van der Waals surface area contributed by atoms with Gasteiger partial charge in [0.15, 0.2) is 0 Å². The minimum Gasteiger partial charge on any atom is -0.486 e. The number of hydrogen-bond acceptors (Lipinski definition) is 6. The molecule has 0 spiro atoms. The van der Waals surface area contributed by atoms with Gasteiger partial charge in [0.2, 0.25) is 0 Å². The third-order valence-electron chi connectivity index (χ3n) is 4.48. The van der Waals surface area contributed by atoms with Crippen molar-refractivity contribution < 1.29 is 23.5 Å². The highest BCUT2D eigenvalue weighted by Gasteiger charge is 2.32. The van der Waals surface area contributed by atoms with Gasteiger partial charge in [0.05, 0.1) is 5.69 Å². The molecule has 1 aliphatic rings. The summed E-state index contributed by atoms with van der Waals surface area (Å²) in [6, 6.07) is 12.8. The van der Waals surface area contributed by atoms with Crippen molar-refractivity contribution in [2.24, 2.45) is 0 Å². The van der Waals surface area contributed by atoms with Crippen molar-refractivity contribution in [1.82, 2.24) is 9.88 Å². The first kappa shape index (κ1) is 19.8. The summed E-state index contributed by atoms with van der Waals surface area (Å²) in [6.07, 6.45) is 0. The number of carbonyl (C=O) groups excluding carboxylic acids is 2. The molecule has 0 unspecified atom stereocenters. The molecular formula is C22H17FN2O4S. The van der Waals surface area contributed by atoms with Gasteiger partial charge in [0.1, 0.15) is 36.3 Å². The maximum atomic E-state index is 12.9. The molecule has 3 aromatic rings. The molecule has 0 saturated carbocycles. The van der Waals surface area contributed by atoms with Crippen LogP contribution in [0.3, 0.4) is 0 Å². The topological polar surface area (TPSA) is 68.7 Å². The van der Waals surface area contributed by atoms with Gasteiger partial charge < -0.3 is 9.47 Å². The van der Waals surface area contributed by atoms with E-state index in [9.17, 15) is 14.0 Å². The van der Waals surface area contributed by atoms with Gasteiger partial charge in [-0.1, -0.05) is 24.8 Å². The van der Waals surface area contributed by atoms with Crippen molar-refractivity contribution in [2.45, 2.75) is 13.2 Å². The Hall–Kier alpha value is -3.52. The fraction of sp³-hybridized carbons (Fsp3) is 0.136. The summed E-state index contributed by atoms with van der Waals surface area (Å²) >= 11 is 1.37. The number of ether oxygens (including phenoxy) is 2. The average molecular weight is 424 g/mol. The summed E-state index contributed by atoms with van der Waals surface area (Å²) in [5.41, 5.74) is 2.32. The molecule has 8 heteroatoms. The van der Waals surface area contributed by atoms with Crippen LogP contribution in [0.1, 0.15) is 26.6 Å². The van der Waals surface area contributed by atoms with Gasteiger partial charge in [-0.25, -0.2) is 9.37 Å². The first-order valence-electron chi connectivity index (χ1n) is 9.08. The van der Waals surface area contributed by atoms with Crippen LogP contribution in [0.2, 0.25) is 0 Å². The van der Waals surface area contributed by atoms with Crippen molar-refractivity contribution in [3.8, 4) is 5.75 Å². The first-order chi connectivity index (χ1) is 14.5. The van der Waals surface area contributed by atoms with Gasteiger partial charge in [-0.15, -0.1) is 11.3 Å². The molecule has 152 valence electrons. The molecule has 2 heterocycles. The summed E-state index contributed by atoms with van der Waals surface area (Å²) in [7, 11) is 0. The number of fused-ring (bicyclic) bond motifs is 1. The second-order valence-electron chi connectivity index (χ2n) is 6.52. The summed E-state index contributed by atoms with van der Waals surface area (Å²) < 4.78 is 23.7. The number of aromatic nitrogens is 1. The van der Waals surface area contributed by atoms with E-state index >= 15 is 0 Å². The highest BCUT2D eigenvalue weighted by molar-refractivity contribution is 7.09. The number of thiazole rings is 1. The van der Waals surface area contributed by atoms with Gasteiger partial charge in [0, 0.05) is 22.2 Å². The lowest BCUT2D eigenvalue weighted by atomic mass is 10.1. The second-order valence-corrected chi connectivity index (χ2v) is 7.46. The van der Waals surface area contributed by atoms with E-state index in [0.29, 0.717) is 27.7 Å². The Morgan fingerprint density at radius 3 is 2.57 bits per heavy atom. The van der Waals surface area contributed by atoms with Crippen LogP contribution in [0, 0.1) is 5.82 Å². The summed E-state index contributed by atoms with van der Waals surface area (Å²) in [4.78, 5) is 30.3. The molecule has 0 aliphatic carbocycles. The molecule has 0 N–H and O–H groups in total. The zero-order valence-corrected chi connectivity index (χ0v) is 16.7. The zero-order chi connectivity index (χ0) is 21.1. The molecule has 1 amide bonds. The molecule has 0 bridgehead atoms. The van der Waals surface area contributed by atoms with Crippen LogP contribution in [0.25, 0.3) is 5.70 Å². The van der Waals surface area contributed by atoms with E-state index in [1.54, 1.807) is 23.6 Å². The molecule has 2 aromatic carbocycles. The van der Waals surface area contributed by atoms with E-state index in [1.807, 2.05) is 6.07 Å². The number of benzene rings is 2. The van der Waals surface area contributed by atoms with Crippen LogP contribution < -0.4 is 4.74 Å². The lowest BCUT2D eigenvalue weighted by molar-refractivity contribution is -0.145. The minimum atomic E-state index is -0.547. The molecule has 0 saturated heterocycles. The number of halogens is 1. The van der Waals surface area contributed by atoms with E-state index in [4.69, 9.17) is 9.47 Å². The van der Waals surface area contributed by atoms with Gasteiger partial charge >= 0.3 is 5.97 Å². The Labute approximate surface area is 176 Å². The summed E-state index contributed by atoms with van der Waals surface area (Å²) in [5.74, 6) is -0.601. The quantitative estimate of drug-likeness (QED) is 0.536. The number of rotatable bonds is 7. The average Bonchev–Trinajstić information content (AvgIpc) is 3.31. The predicted molar refractivity (Wildman–Crippen MR) is 109 cm³/mol. The SMILES string of the molecule is C=C1c2ccccc2C(=O)N1CC(=O)OCc1csc(COc2ccc(F)cc2)n1. The predicted octanol–water partition coefficient (Wildman–Crippen LogP) is 4.03. The maximum absolute atomic E-state index is 12.9. The van der Waals surface area contributed by atoms with Gasteiger partial charge in [-0.2, -0.15) is 0 Å². The lowest BCUT2D eigenvalue weighted by Gasteiger charge is -2.16. The van der Waals surface area contributed by atoms with Crippen LogP contribution >= 0.6 is 11.3 Å². The Balaban J connectivity index is 1.27.